The van der Waals surface area contributed by atoms with E-state index in [1.807, 2.05) is 30.3 Å². The summed E-state index contributed by atoms with van der Waals surface area (Å²) in [4.78, 5) is 25.1. The number of ether oxygens (including phenoxy) is 2. The van der Waals surface area contributed by atoms with E-state index in [0.717, 1.165) is 18.4 Å². The minimum absolute atomic E-state index is 0.179. The molecule has 1 aliphatic rings. The molecule has 1 fully saturated rings. The summed E-state index contributed by atoms with van der Waals surface area (Å²) in [7, 11) is 1.26. The standard InChI is InChI=1S/C21H30Cl2N2O5/c1-29-21(28)16(11-13-7-3-2-4-8-13)25-20(27)14-12-15(22)19(17(23)18(14)26)30-10-6-5-9-24/h2-4,7-8,14-19,26H,5-6,9-12,24H2,1H3,(H,25,27)/t14?,15?,16-,17?,18?,19?/m0/s1. The fraction of sp³-hybridized carbons (Fsp3) is 0.619. The van der Waals surface area contributed by atoms with Crippen molar-refractivity contribution >= 4 is 35.1 Å². The molecule has 0 heterocycles. The van der Waals surface area contributed by atoms with Crippen molar-refractivity contribution in [2.75, 3.05) is 20.3 Å². The molecule has 1 aromatic carbocycles. The van der Waals surface area contributed by atoms with Crippen LogP contribution in [0.1, 0.15) is 24.8 Å². The van der Waals surface area contributed by atoms with Crippen LogP contribution in [0.3, 0.4) is 0 Å². The summed E-state index contributed by atoms with van der Waals surface area (Å²) in [5.74, 6) is -1.92. The number of amides is 1. The van der Waals surface area contributed by atoms with E-state index in [-0.39, 0.29) is 12.8 Å². The molecule has 168 valence electrons. The van der Waals surface area contributed by atoms with Crippen molar-refractivity contribution in [2.45, 2.75) is 54.7 Å². The molecule has 4 N–H and O–H groups in total. The van der Waals surface area contributed by atoms with Gasteiger partial charge in [0.15, 0.2) is 0 Å². The fourth-order valence-electron chi connectivity index (χ4n) is 3.52. The predicted octanol–water partition coefficient (Wildman–Crippen LogP) is 1.61. The van der Waals surface area contributed by atoms with Gasteiger partial charge < -0.3 is 25.6 Å². The van der Waals surface area contributed by atoms with E-state index in [0.29, 0.717) is 13.2 Å². The smallest absolute Gasteiger partial charge is 0.328 e. The Bertz CT molecular complexity index is 679. The third kappa shape index (κ3) is 6.82. The van der Waals surface area contributed by atoms with Gasteiger partial charge in [-0.05, 0) is 31.4 Å². The summed E-state index contributed by atoms with van der Waals surface area (Å²) in [6.45, 7) is 0.997. The number of benzene rings is 1. The molecule has 0 aromatic heterocycles. The van der Waals surface area contributed by atoms with Crippen LogP contribution in [0.25, 0.3) is 0 Å². The molecule has 0 radical (unpaired) electrons. The Morgan fingerprint density at radius 1 is 1.27 bits per heavy atom. The number of hydrogen-bond acceptors (Lipinski definition) is 6. The highest BCUT2D eigenvalue weighted by molar-refractivity contribution is 6.25. The number of aliphatic hydroxyl groups excluding tert-OH is 1. The summed E-state index contributed by atoms with van der Waals surface area (Å²) in [6, 6.07) is 8.38. The first-order chi connectivity index (χ1) is 14.4. The minimum Gasteiger partial charge on any atom is -0.467 e. The summed E-state index contributed by atoms with van der Waals surface area (Å²) in [5, 5.41) is 11.9. The Balaban J connectivity index is 2.01. The molecule has 1 saturated carbocycles. The number of methoxy groups -OCH3 is 1. The van der Waals surface area contributed by atoms with Crippen LogP contribution in [0, 0.1) is 5.92 Å². The number of halogens is 2. The lowest BCUT2D eigenvalue weighted by atomic mass is 9.83. The number of hydrogen-bond donors (Lipinski definition) is 3. The van der Waals surface area contributed by atoms with Crippen LogP contribution in [0.4, 0.5) is 0 Å². The second kappa shape index (κ2) is 12.5. The number of aliphatic hydroxyl groups is 1. The summed E-state index contributed by atoms with van der Waals surface area (Å²) < 4.78 is 10.6. The van der Waals surface area contributed by atoms with Gasteiger partial charge in [0.1, 0.15) is 6.04 Å². The van der Waals surface area contributed by atoms with Gasteiger partial charge in [-0.25, -0.2) is 4.79 Å². The van der Waals surface area contributed by atoms with E-state index in [4.69, 9.17) is 38.4 Å². The predicted molar refractivity (Wildman–Crippen MR) is 116 cm³/mol. The molecule has 0 saturated heterocycles. The Hall–Kier alpha value is -1.38. The molecule has 1 aromatic rings. The van der Waals surface area contributed by atoms with Crippen LogP contribution in [0.15, 0.2) is 30.3 Å². The number of carbonyl (C=O) groups is 2. The maximum atomic E-state index is 12.9. The number of esters is 1. The largest absolute Gasteiger partial charge is 0.467 e. The van der Waals surface area contributed by atoms with Crippen LogP contribution in [-0.4, -0.2) is 66.2 Å². The number of nitrogens with one attached hydrogen (secondary N) is 1. The molecular formula is C21H30Cl2N2O5. The van der Waals surface area contributed by atoms with Crippen LogP contribution >= 0.6 is 23.2 Å². The zero-order chi connectivity index (χ0) is 22.1. The first kappa shape index (κ1) is 24.9. The Morgan fingerprint density at radius 2 is 1.97 bits per heavy atom. The van der Waals surface area contributed by atoms with Gasteiger partial charge in [-0.2, -0.15) is 0 Å². The third-order valence-corrected chi connectivity index (χ3v) is 6.15. The van der Waals surface area contributed by atoms with E-state index >= 15 is 0 Å². The Labute approximate surface area is 187 Å². The van der Waals surface area contributed by atoms with Gasteiger partial charge in [-0.3, -0.25) is 4.79 Å². The SMILES string of the molecule is COC(=O)[C@H](Cc1ccccc1)NC(=O)C1CC(Cl)C(OCCCCN)C(Cl)C1O. The summed E-state index contributed by atoms with van der Waals surface area (Å²) in [5.41, 5.74) is 6.34. The minimum atomic E-state index is -1.16. The first-order valence-corrected chi connectivity index (χ1v) is 11.0. The number of unbranched alkanes of at least 4 members (excludes halogenated alkanes) is 1. The monoisotopic (exact) mass is 460 g/mol. The normalized spacial score (nSPS) is 27.3. The van der Waals surface area contributed by atoms with E-state index in [2.05, 4.69) is 5.32 Å². The van der Waals surface area contributed by atoms with Crippen molar-refractivity contribution in [1.82, 2.24) is 5.32 Å². The quantitative estimate of drug-likeness (QED) is 0.277. The highest BCUT2D eigenvalue weighted by atomic mass is 35.5. The molecule has 2 rings (SSSR count). The molecular weight excluding hydrogens is 431 g/mol. The van der Waals surface area contributed by atoms with Crippen molar-refractivity contribution in [3.05, 3.63) is 35.9 Å². The zero-order valence-corrected chi connectivity index (χ0v) is 18.5. The average molecular weight is 461 g/mol. The highest BCUT2D eigenvalue weighted by Gasteiger charge is 2.46. The van der Waals surface area contributed by atoms with E-state index in [1.165, 1.54) is 7.11 Å². The second-order valence-electron chi connectivity index (χ2n) is 7.40. The van der Waals surface area contributed by atoms with Crippen molar-refractivity contribution in [1.29, 1.82) is 0 Å². The van der Waals surface area contributed by atoms with Crippen molar-refractivity contribution in [3.8, 4) is 0 Å². The molecule has 0 spiro atoms. The second-order valence-corrected chi connectivity index (χ2v) is 8.46. The van der Waals surface area contributed by atoms with Crippen LogP contribution in [0.2, 0.25) is 0 Å². The van der Waals surface area contributed by atoms with Crippen molar-refractivity contribution in [3.63, 3.8) is 0 Å². The fourth-order valence-corrected chi connectivity index (χ4v) is 4.44. The molecule has 1 amide bonds. The van der Waals surface area contributed by atoms with Gasteiger partial charge in [-0.15, -0.1) is 23.2 Å². The van der Waals surface area contributed by atoms with Gasteiger partial charge in [0.2, 0.25) is 5.91 Å². The molecule has 0 aliphatic heterocycles. The molecule has 0 bridgehead atoms. The lowest BCUT2D eigenvalue weighted by Gasteiger charge is -2.39. The Morgan fingerprint density at radius 3 is 2.60 bits per heavy atom. The average Bonchev–Trinajstić information content (AvgIpc) is 2.75. The zero-order valence-electron chi connectivity index (χ0n) is 17.0. The number of carbonyl (C=O) groups excluding carboxylic acids is 2. The van der Waals surface area contributed by atoms with Crippen LogP contribution < -0.4 is 11.1 Å². The molecule has 1 aliphatic carbocycles. The number of alkyl halides is 2. The molecule has 30 heavy (non-hydrogen) atoms. The topological polar surface area (TPSA) is 111 Å². The highest BCUT2D eigenvalue weighted by Crippen LogP contribution is 2.34. The van der Waals surface area contributed by atoms with Crippen LogP contribution in [-0.2, 0) is 25.5 Å². The van der Waals surface area contributed by atoms with Crippen molar-refractivity contribution < 1.29 is 24.2 Å². The molecule has 5 unspecified atom stereocenters. The number of rotatable bonds is 10. The van der Waals surface area contributed by atoms with Gasteiger partial charge >= 0.3 is 5.97 Å². The summed E-state index contributed by atoms with van der Waals surface area (Å²) in [6.07, 6.45) is 0.293. The van der Waals surface area contributed by atoms with Gasteiger partial charge in [-0.1, -0.05) is 30.3 Å². The molecule has 9 heteroatoms. The summed E-state index contributed by atoms with van der Waals surface area (Å²) >= 11 is 12.8. The van der Waals surface area contributed by atoms with Gasteiger partial charge in [0, 0.05) is 13.0 Å². The maximum absolute atomic E-state index is 12.9. The maximum Gasteiger partial charge on any atom is 0.328 e. The number of nitrogens with two attached hydrogens (primary N) is 1. The van der Waals surface area contributed by atoms with Gasteiger partial charge in [0.05, 0.1) is 36.0 Å². The Kier molecular flexibility index (Phi) is 10.3. The van der Waals surface area contributed by atoms with E-state index in [9.17, 15) is 14.7 Å². The van der Waals surface area contributed by atoms with Crippen molar-refractivity contribution in [2.24, 2.45) is 11.7 Å². The first-order valence-electron chi connectivity index (χ1n) is 10.1. The van der Waals surface area contributed by atoms with E-state index < -0.39 is 46.8 Å². The van der Waals surface area contributed by atoms with Gasteiger partial charge in [0.25, 0.3) is 0 Å². The third-order valence-electron chi connectivity index (χ3n) is 5.22. The van der Waals surface area contributed by atoms with Crippen LogP contribution in [0.5, 0.6) is 0 Å². The van der Waals surface area contributed by atoms with E-state index in [1.54, 1.807) is 0 Å². The lowest BCUT2D eigenvalue weighted by Crippen LogP contribution is -2.56. The lowest BCUT2D eigenvalue weighted by molar-refractivity contribution is -0.147. The molecule has 7 nitrogen and oxygen atoms in total. The molecule has 6 atom stereocenters.